The summed E-state index contributed by atoms with van der Waals surface area (Å²) < 4.78 is 0. The Bertz CT molecular complexity index is 392. The van der Waals surface area contributed by atoms with Gasteiger partial charge in [0.05, 0.1) is 11.2 Å². The Morgan fingerprint density at radius 2 is 2.27 bits per heavy atom. The number of aryl methyl sites for hydroxylation is 1. The molecule has 2 nitrogen and oxygen atoms in total. The summed E-state index contributed by atoms with van der Waals surface area (Å²) in [6.07, 6.45) is 0. The van der Waals surface area contributed by atoms with E-state index in [9.17, 15) is 0 Å². The van der Waals surface area contributed by atoms with E-state index in [1.165, 1.54) is 0 Å². The van der Waals surface area contributed by atoms with Crippen LogP contribution in [-0.2, 0) is 0 Å². The minimum Gasteiger partial charge on any atom is -0.278 e. The molecule has 0 aliphatic rings. The highest BCUT2D eigenvalue weighted by Crippen LogP contribution is 2.18. The Morgan fingerprint density at radius 3 is 3.09 bits per heavy atom. The molecule has 0 fully saturated rings. The number of nitrogens with one attached hydrogen (secondary N) is 1. The van der Waals surface area contributed by atoms with Gasteiger partial charge in [-0.25, -0.2) is 0 Å². The zero-order valence-electron chi connectivity index (χ0n) is 6.06. The largest absolute Gasteiger partial charge is 0.278 e. The van der Waals surface area contributed by atoms with Gasteiger partial charge in [0, 0.05) is 10.4 Å². The Balaban J connectivity index is 2.86. The minimum atomic E-state index is 0.737. The van der Waals surface area contributed by atoms with E-state index in [2.05, 4.69) is 10.2 Å². The first-order valence-electron chi connectivity index (χ1n) is 3.37. The smallest absolute Gasteiger partial charge is 0.0669 e. The molecule has 56 valence electrons. The fourth-order valence-corrected chi connectivity index (χ4v) is 1.30. The van der Waals surface area contributed by atoms with Gasteiger partial charge in [-0.15, -0.1) is 0 Å². The number of hydrogen-bond donors (Lipinski definition) is 1. The van der Waals surface area contributed by atoms with Crippen molar-refractivity contribution in [3.8, 4) is 0 Å². The lowest BCUT2D eigenvalue weighted by Gasteiger charge is -1.89. The van der Waals surface area contributed by atoms with Gasteiger partial charge in [0.2, 0.25) is 0 Å². The van der Waals surface area contributed by atoms with E-state index in [0.717, 1.165) is 21.6 Å². The molecule has 0 amide bonds. The summed E-state index contributed by atoms with van der Waals surface area (Å²) >= 11 is 5.78. The van der Waals surface area contributed by atoms with Gasteiger partial charge in [-0.1, -0.05) is 11.6 Å². The van der Waals surface area contributed by atoms with Crippen LogP contribution in [0, 0.1) is 6.92 Å². The average Bonchev–Trinajstić information content (AvgIpc) is 2.32. The number of aromatic amines is 1. The second kappa shape index (κ2) is 2.24. The summed E-state index contributed by atoms with van der Waals surface area (Å²) in [6.45, 7) is 1.97. The van der Waals surface area contributed by atoms with E-state index in [4.69, 9.17) is 11.6 Å². The lowest BCUT2D eigenvalue weighted by Crippen LogP contribution is -1.68. The van der Waals surface area contributed by atoms with Gasteiger partial charge in [-0.3, -0.25) is 5.10 Å². The molecule has 0 radical (unpaired) electrons. The number of H-pyrrole nitrogens is 1. The van der Waals surface area contributed by atoms with Gasteiger partial charge in [0.1, 0.15) is 0 Å². The molecule has 0 saturated heterocycles. The second-order valence-corrected chi connectivity index (χ2v) is 2.94. The van der Waals surface area contributed by atoms with Gasteiger partial charge < -0.3 is 0 Å². The molecule has 0 aliphatic carbocycles. The molecule has 2 aromatic rings. The molecule has 1 aromatic heterocycles. The molecule has 0 unspecified atom stereocenters. The van der Waals surface area contributed by atoms with E-state index in [1.807, 2.05) is 25.1 Å². The lowest BCUT2D eigenvalue weighted by molar-refractivity contribution is 1.07. The zero-order chi connectivity index (χ0) is 7.84. The number of aromatic nitrogens is 2. The van der Waals surface area contributed by atoms with Crippen molar-refractivity contribution in [3.05, 3.63) is 28.9 Å². The van der Waals surface area contributed by atoms with Gasteiger partial charge in [0.25, 0.3) is 0 Å². The zero-order valence-corrected chi connectivity index (χ0v) is 6.81. The van der Waals surface area contributed by atoms with E-state index < -0.39 is 0 Å². The predicted octanol–water partition coefficient (Wildman–Crippen LogP) is 2.52. The van der Waals surface area contributed by atoms with Crippen LogP contribution in [0.3, 0.4) is 0 Å². The summed E-state index contributed by atoms with van der Waals surface area (Å²) in [7, 11) is 0. The van der Waals surface area contributed by atoms with E-state index in [0.29, 0.717) is 0 Å². The maximum atomic E-state index is 5.78. The Hall–Kier alpha value is -1.02. The van der Waals surface area contributed by atoms with Crippen LogP contribution in [0.15, 0.2) is 18.2 Å². The first-order valence-corrected chi connectivity index (χ1v) is 3.75. The fourth-order valence-electron chi connectivity index (χ4n) is 1.13. The number of benzene rings is 1. The van der Waals surface area contributed by atoms with Crippen LogP contribution in [-0.4, -0.2) is 10.2 Å². The van der Waals surface area contributed by atoms with Crippen molar-refractivity contribution in [2.45, 2.75) is 6.92 Å². The number of halogens is 1. The number of rotatable bonds is 0. The third-order valence-electron chi connectivity index (χ3n) is 1.72. The minimum absolute atomic E-state index is 0.737. The molecular weight excluding hydrogens is 160 g/mol. The van der Waals surface area contributed by atoms with Gasteiger partial charge in [-0.2, -0.15) is 5.10 Å². The third-order valence-corrected chi connectivity index (χ3v) is 1.95. The van der Waals surface area contributed by atoms with Crippen molar-refractivity contribution in [2.24, 2.45) is 0 Å². The Labute approximate surface area is 69.2 Å². The fraction of sp³-hybridized carbons (Fsp3) is 0.125. The monoisotopic (exact) mass is 166 g/mol. The Kier molecular flexibility index (Phi) is 1.36. The van der Waals surface area contributed by atoms with E-state index >= 15 is 0 Å². The summed E-state index contributed by atoms with van der Waals surface area (Å²) in [6, 6.07) is 5.71. The quantitative estimate of drug-likeness (QED) is 0.640. The maximum Gasteiger partial charge on any atom is 0.0669 e. The van der Waals surface area contributed by atoms with Crippen LogP contribution >= 0.6 is 11.6 Å². The molecule has 3 heteroatoms. The summed E-state index contributed by atoms with van der Waals surface area (Å²) in [4.78, 5) is 0. The van der Waals surface area contributed by atoms with Crippen LogP contribution < -0.4 is 0 Å². The molecule has 0 aliphatic heterocycles. The molecule has 0 atom stereocenters. The standard InChI is InChI=1S/C8H7ClN2/c1-5-7-3-2-6(9)4-8(7)11-10-5/h2-4H,1H3,(H,10,11). The number of hydrogen-bond acceptors (Lipinski definition) is 1. The molecular formula is C8H7ClN2. The molecule has 2 rings (SSSR count). The molecule has 0 bridgehead atoms. The predicted molar refractivity (Wildman–Crippen MR) is 45.8 cm³/mol. The van der Waals surface area contributed by atoms with Gasteiger partial charge in [-0.05, 0) is 25.1 Å². The lowest BCUT2D eigenvalue weighted by atomic mass is 10.2. The highest BCUT2D eigenvalue weighted by molar-refractivity contribution is 6.31. The van der Waals surface area contributed by atoms with Crippen molar-refractivity contribution in [1.82, 2.24) is 10.2 Å². The van der Waals surface area contributed by atoms with Gasteiger partial charge >= 0.3 is 0 Å². The molecule has 1 heterocycles. The van der Waals surface area contributed by atoms with Crippen molar-refractivity contribution in [2.75, 3.05) is 0 Å². The third kappa shape index (κ3) is 0.994. The van der Waals surface area contributed by atoms with Crippen molar-refractivity contribution >= 4 is 22.5 Å². The SMILES string of the molecule is Cc1n[nH]c2cc(Cl)ccc12. The van der Waals surface area contributed by atoms with Crippen molar-refractivity contribution in [1.29, 1.82) is 0 Å². The number of fused-ring (bicyclic) bond motifs is 1. The summed E-state index contributed by atoms with van der Waals surface area (Å²) in [5, 5.41) is 8.82. The molecule has 1 N–H and O–H groups in total. The first-order chi connectivity index (χ1) is 5.27. The molecule has 0 spiro atoms. The molecule has 1 aromatic carbocycles. The Morgan fingerprint density at radius 1 is 1.45 bits per heavy atom. The topological polar surface area (TPSA) is 28.7 Å². The maximum absolute atomic E-state index is 5.78. The summed E-state index contributed by atoms with van der Waals surface area (Å²) in [5.74, 6) is 0. The highest BCUT2D eigenvalue weighted by Gasteiger charge is 1.99. The van der Waals surface area contributed by atoms with Crippen LogP contribution in [0.1, 0.15) is 5.69 Å². The van der Waals surface area contributed by atoms with Crippen molar-refractivity contribution < 1.29 is 0 Å². The van der Waals surface area contributed by atoms with Crippen LogP contribution in [0.4, 0.5) is 0 Å². The molecule has 0 saturated carbocycles. The second-order valence-electron chi connectivity index (χ2n) is 2.50. The van der Waals surface area contributed by atoms with E-state index in [1.54, 1.807) is 0 Å². The normalized spacial score (nSPS) is 10.7. The van der Waals surface area contributed by atoms with E-state index in [-0.39, 0.29) is 0 Å². The average molecular weight is 167 g/mol. The van der Waals surface area contributed by atoms with Gasteiger partial charge in [0.15, 0.2) is 0 Å². The summed E-state index contributed by atoms with van der Waals surface area (Å²) in [5.41, 5.74) is 2.01. The van der Waals surface area contributed by atoms with Crippen LogP contribution in [0.25, 0.3) is 10.9 Å². The highest BCUT2D eigenvalue weighted by atomic mass is 35.5. The van der Waals surface area contributed by atoms with Crippen LogP contribution in [0.5, 0.6) is 0 Å². The van der Waals surface area contributed by atoms with Crippen LogP contribution in [0.2, 0.25) is 5.02 Å². The first kappa shape index (κ1) is 6.68. The van der Waals surface area contributed by atoms with Crippen molar-refractivity contribution in [3.63, 3.8) is 0 Å². The number of nitrogens with zero attached hydrogens (tertiary/aromatic N) is 1. The molecule has 11 heavy (non-hydrogen) atoms.